The van der Waals surface area contributed by atoms with Crippen molar-refractivity contribution in [3.05, 3.63) is 48.0 Å². The van der Waals surface area contributed by atoms with Crippen LogP contribution < -0.4 is 5.32 Å². The van der Waals surface area contributed by atoms with E-state index in [2.05, 4.69) is 17.6 Å². The zero-order valence-electron chi connectivity index (χ0n) is 10.8. The summed E-state index contributed by atoms with van der Waals surface area (Å²) in [6, 6.07) is 13.5. The zero-order valence-corrected chi connectivity index (χ0v) is 14.2. The van der Waals surface area contributed by atoms with E-state index in [-0.39, 0.29) is 11.9 Å². The minimum atomic E-state index is -2.85. The second-order valence-electron chi connectivity index (χ2n) is 4.65. The van der Waals surface area contributed by atoms with Gasteiger partial charge in [-0.3, -0.25) is 4.79 Å². The van der Waals surface area contributed by atoms with Crippen molar-refractivity contribution in [2.24, 2.45) is 0 Å². The van der Waals surface area contributed by atoms with Gasteiger partial charge >= 0.3 is 0 Å². The number of benzene rings is 2. The molecule has 0 aromatic heterocycles. The van der Waals surface area contributed by atoms with Crippen molar-refractivity contribution >= 4 is 58.4 Å². The third-order valence-electron chi connectivity index (χ3n) is 3.04. The highest BCUT2D eigenvalue weighted by Gasteiger charge is 2.23. The van der Waals surface area contributed by atoms with Crippen molar-refractivity contribution in [3.8, 4) is 0 Å². The molecular formula is C14H12NO2PS3. The fourth-order valence-corrected chi connectivity index (χ4v) is 4.47. The van der Waals surface area contributed by atoms with Gasteiger partial charge in [0, 0.05) is 15.4 Å². The van der Waals surface area contributed by atoms with Crippen molar-refractivity contribution < 1.29 is 9.69 Å². The lowest BCUT2D eigenvalue weighted by Gasteiger charge is -2.23. The topological polar surface area (TPSA) is 49.3 Å². The molecule has 1 aliphatic rings. The molecule has 21 heavy (non-hydrogen) atoms. The van der Waals surface area contributed by atoms with E-state index in [0.717, 1.165) is 21.2 Å². The third-order valence-corrected chi connectivity index (χ3v) is 5.69. The Bertz CT molecular complexity index is 773. The van der Waals surface area contributed by atoms with E-state index in [9.17, 15) is 9.69 Å². The maximum absolute atomic E-state index is 12.3. The van der Waals surface area contributed by atoms with Gasteiger partial charge in [-0.2, -0.15) is 0 Å². The van der Waals surface area contributed by atoms with Crippen LogP contribution in [-0.4, -0.2) is 16.8 Å². The highest BCUT2D eigenvalue weighted by atomic mass is 32.9. The Kier molecular flexibility index (Phi) is 4.17. The molecule has 0 saturated heterocycles. The lowest BCUT2D eigenvalue weighted by atomic mass is 10.1. The Hall–Kier alpha value is -0.780. The molecule has 0 amide bonds. The van der Waals surface area contributed by atoms with Gasteiger partial charge in [-0.15, -0.1) is 12.2 Å². The van der Waals surface area contributed by atoms with Crippen LogP contribution in [0.1, 0.15) is 10.4 Å². The Morgan fingerprint density at radius 2 is 1.95 bits per heavy atom. The van der Waals surface area contributed by atoms with E-state index in [1.165, 1.54) is 0 Å². The molecule has 0 bridgehead atoms. The van der Waals surface area contributed by atoms with Gasteiger partial charge in [-0.1, -0.05) is 41.8 Å². The standard InChI is InChI=1S/C14H12NO2PS3/c16-11(8-18(17,19)20)9-4-3-7-13-14(9)15-10-5-1-2-6-12(10)21-13/h1-7,15H,8H2,(H2,17,19,20). The zero-order chi connectivity index (χ0) is 15.0. The summed E-state index contributed by atoms with van der Waals surface area (Å²) in [5.74, 6) is -0.180. The van der Waals surface area contributed by atoms with Gasteiger partial charge < -0.3 is 10.2 Å². The van der Waals surface area contributed by atoms with Crippen molar-refractivity contribution in [1.82, 2.24) is 0 Å². The molecule has 3 nitrogen and oxygen atoms in total. The highest BCUT2D eigenvalue weighted by Crippen LogP contribution is 2.49. The van der Waals surface area contributed by atoms with Gasteiger partial charge in [0.25, 0.3) is 0 Å². The van der Waals surface area contributed by atoms with E-state index in [0.29, 0.717) is 5.56 Å². The molecule has 2 N–H and O–H groups in total. The first kappa shape index (κ1) is 15.1. The fourth-order valence-electron chi connectivity index (χ4n) is 2.16. The van der Waals surface area contributed by atoms with E-state index < -0.39 is 5.47 Å². The molecule has 0 radical (unpaired) electrons. The lowest BCUT2D eigenvalue weighted by Crippen LogP contribution is -2.10. The molecule has 1 heterocycles. The molecule has 0 fully saturated rings. The maximum Gasteiger partial charge on any atom is 0.173 e. The number of carbonyl (C=O) groups excluding carboxylic acids is 1. The van der Waals surface area contributed by atoms with Crippen LogP contribution in [0.3, 0.4) is 0 Å². The minimum Gasteiger partial charge on any atom is -0.357 e. The number of nitrogens with one attached hydrogen (secondary N) is 1. The van der Waals surface area contributed by atoms with Crippen LogP contribution in [0.15, 0.2) is 52.3 Å². The number of ketones is 1. The maximum atomic E-state index is 12.3. The van der Waals surface area contributed by atoms with Gasteiger partial charge in [0.15, 0.2) is 5.78 Å². The lowest BCUT2D eigenvalue weighted by molar-refractivity contribution is 0.102. The number of anilines is 2. The third kappa shape index (κ3) is 3.35. The molecule has 1 aliphatic heterocycles. The molecule has 0 spiro atoms. The van der Waals surface area contributed by atoms with Crippen LogP contribution >= 0.6 is 29.5 Å². The second kappa shape index (κ2) is 5.78. The van der Waals surface area contributed by atoms with Crippen LogP contribution in [0, 0.1) is 0 Å². The Morgan fingerprint density at radius 1 is 1.24 bits per heavy atom. The molecule has 3 rings (SSSR count). The smallest absolute Gasteiger partial charge is 0.173 e. The normalized spacial score (nSPS) is 15.3. The second-order valence-corrected chi connectivity index (χ2v) is 12.0. The number of para-hydroxylation sites is 2. The predicted octanol–water partition coefficient (Wildman–Crippen LogP) is 4.31. The van der Waals surface area contributed by atoms with Crippen molar-refractivity contribution in [2.45, 2.75) is 9.79 Å². The molecule has 2 aromatic rings. The molecular weight excluding hydrogens is 341 g/mol. The van der Waals surface area contributed by atoms with E-state index in [1.807, 2.05) is 36.4 Å². The Labute approximate surface area is 137 Å². The summed E-state index contributed by atoms with van der Waals surface area (Å²) in [4.78, 5) is 24.1. The van der Waals surface area contributed by atoms with E-state index in [1.54, 1.807) is 17.8 Å². The van der Waals surface area contributed by atoms with Gasteiger partial charge in [-0.25, -0.2) is 0 Å². The SMILES string of the molecule is O=C(CP(O)(=S)S)c1cccc2c1Nc1ccccc1S2. The van der Waals surface area contributed by atoms with Crippen molar-refractivity contribution in [1.29, 1.82) is 0 Å². The van der Waals surface area contributed by atoms with Gasteiger partial charge in [-0.05, 0) is 24.3 Å². The molecule has 0 saturated carbocycles. The Morgan fingerprint density at radius 3 is 2.71 bits per heavy atom. The summed E-state index contributed by atoms with van der Waals surface area (Å²) < 4.78 is 0. The average molecular weight is 353 g/mol. The molecule has 108 valence electrons. The average Bonchev–Trinajstić information content (AvgIpc) is 2.42. The molecule has 2 aromatic carbocycles. The van der Waals surface area contributed by atoms with Gasteiger partial charge in [0.1, 0.15) is 5.47 Å². The Balaban J connectivity index is 2.00. The van der Waals surface area contributed by atoms with Gasteiger partial charge in [0.2, 0.25) is 0 Å². The van der Waals surface area contributed by atoms with E-state index in [4.69, 9.17) is 11.8 Å². The number of hydrogen-bond acceptors (Lipinski definition) is 4. The quantitative estimate of drug-likeness (QED) is 0.372. The number of Topliss-reactive ketones (excluding diaryl/α,β-unsaturated/α-hetero) is 1. The van der Waals surface area contributed by atoms with Crippen LogP contribution in [0.4, 0.5) is 11.4 Å². The number of hydrogen-bond donors (Lipinski definition) is 3. The first-order valence-corrected chi connectivity index (χ1v) is 11.1. The van der Waals surface area contributed by atoms with Crippen LogP contribution in [0.25, 0.3) is 0 Å². The van der Waals surface area contributed by atoms with Crippen molar-refractivity contribution in [3.63, 3.8) is 0 Å². The summed E-state index contributed by atoms with van der Waals surface area (Å²) in [6.07, 6.45) is -0.101. The largest absolute Gasteiger partial charge is 0.357 e. The van der Waals surface area contributed by atoms with E-state index >= 15 is 0 Å². The van der Waals surface area contributed by atoms with Gasteiger partial charge in [0.05, 0.1) is 17.5 Å². The summed E-state index contributed by atoms with van der Waals surface area (Å²) in [6.45, 7) is 0. The summed E-state index contributed by atoms with van der Waals surface area (Å²) in [7, 11) is 0. The first-order valence-electron chi connectivity index (χ1n) is 6.19. The molecule has 7 heteroatoms. The van der Waals surface area contributed by atoms with Crippen LogP contribution in [-0.2, 0) is 11.8 Å². The minimum absolute atomic E-state index is 0.101. The van der Waals surface area contributed by atoms with Crippen LogP contribution in [0.2, 0.25) is 0 Å². The molecule has 0 aliphatic carbocycles. The highest BCUT2D eigenvalue weighted by molar-refractivity contribution is 8.61. The summed E-state index contributed by atoms with van der Waals surface area (Å²) >= 11 is 10.4. The number of fused-ring (bicyclic) bond motifs is 2. The molecule has 1 atom stereocenters. The number of thiol groups is 1. The fraction of sp³-hybridized carbons (Fsp3) is 0.0714. The monoisotopic (exact) mass is 353 g/mol. The first-order chi connectivity index (χ1) is 9.94. The summed E-state index contributed by atoms with van der Waals surface area (Å²) in [5.41, 5.74) is -0.541. The predicted molar refractivity (Wildman–Crippen MR) is 95.0 cm³/mol. The van der Waals surface area contributed by atoms with Crippen LogP contribution in [0.5, 0.6) is 0 Å². The van der Waals surface area contributed by atoms with Crippen molar-refractivity contribution in [2.75, 3.05) is 11.5 Å². The number of carbonyl (C=O) groups is 1. The number of rotatable bonds is 3. The molecule has 1 unspecified atom stereocenters. The summed E-state index contributed by atoms with van der Waals surface area (Å²) in [5, 5.41) is 3.31.